The lowest BCUT2D eigenvalue weighted by Gasteiger charge is -2.17. The number of aromatic nitrogens is 3. The fourth-order valence-corrected chi connectivity index (χ4v) is 3.40. The molecular weight excluding hydrogens is 362 g/mol. The molecule has 0 atom stereocenters. The van der Waals surface area contributed by atoms with E-state index in [0.717, 1.165) is 42.5 Å². The van der Waals surface area contributed by atoms with Crippen molar-refractivity contribution in [3.8, 4) is 22.9 Å². The Kier molecular flexibility index (Phi) is 7.23. The molecule has 2 aromatic heterocycles. The van der Waals surface area contributed by atoms with Gasteiger partial charge >= 0.3 is 0 Å². The van der Waals surface area contributed by atoms with Crippen LogP contribution in [0.1, 0.15) is 45.1 Å². The van der Waals surface area contributed by atoms with Crippen molar-refractivity contribution in [2.75, 3.05) is 11.9 Å². The first-order valence-electron chi connectivity index (χ1n) is 10.1. The molecule has 0 amide bonds. The lowest BCUT2D eigenvalue weighted by atomic mass is 9.99. The average Bonchev–Trinajstić information content (AvgIpc) is 3.25. The Bertz CT molecular complexity index is 940. The van der Waals surface area contributed by atoms with Crippen molar-refractivity contribution in [2.45, 2.75) is 39.5 Å². The molecule has 6 nitrogen and oxygen atoms in total. The molecule has 0 aliphatic rings. The number of benzene rings is 1. The summed E-state index contributed by atoms with van der Waals surface area (Å²) in [5.41, 5.74) is 3.31. The molecule has 0 saturated carbocycles. The predicted octanol–water partition coefficient (Wildman–Crippen LogP) is 5.68. The molecule has 29 heavy (non-hydrogen) atoms. The highest BCUT2D eigenvalue weighted by molar-refractivity contribution is 5.70. The average molecular weight is 390 g/mol. The van der Waals surface area contributed by atoms with Crippen LogP contribution in [0.5, 0.6) is 5.75 Å². The Morgan fingerprint density at radius 3 is 2.62 bits per heavy atom. The Morgan fingerprint density at radius 2 is 1.93 bits per heavy atom. The van der Waals surface area contributed by atoms with Crippen LogP contribution in [0.25, 0.3) is 11.1 Å². The van der Waals surface area contributed by atoms with Crippen LogP contribution in [0.4, 0.5) is 11.5 Å². The number of anilines is 2. The molecule has 0 saturated heterocycles. The topological polar surface area (TPSA) is 86.6 Å². The minimum absolute atomic E-state index is 0.535. The van der Waals surface area contributed by atoms with Crippen LogP contribution < -0.4 is 10.1 Å². The Labute approximate surface area is 172 Å². The van der Waals surface area contributed by atoms with Crippen LogP contribution in [-0.2, 0) is 0 Å². The highest BCUT2D eigenvalue weighted by atomic mass is 16.5. The van der Waals surface area contributed by atoms with Gasteiger partial charge in [-0.05, 0) is 54.2 Å². The fourth-order valence-electron chi connectivity index (χ4n) is 3.40. The van der Waals surface area contributed by atoms with Gasteiger partial charge in [-0.15, -0.1) is 0 Å². The fraction of sp³-hybridized carbons (Fsp3) is 0.348. The van der Waals surface area contributed by atoms with Gasteiger partial charge in [0.15, 0.2) is 0 Å². The number of nitriles is 1. The first kappa shape index (κ1) is 20.4. The van der Waals surface area contributed by atoms with Crippen LogP contribution >= 0.6 is 0 Å². The summed E-state index contributed by atoms with van der Waals surface area (Å²) in [5.74, 6) is 1.90. The number of hydrogen-bond donors (Lipinski definition) is 2. The van der Waals surface area contributed by atoms with Crippen LogP contribution in [0.15, 0.2) is 48.9 Å². The quantitative estimate of drug-likeness (QED) is 0.466. The largest absolute Gasteiger partial charge is 0.492 e. The molecule has 0 bridgehead atoms. The highest BCUT2D eigenvalue weighted by Crippen LogP contribution is 2.28. The smallest absolute Gasteiger partial charge is 0.137 e. The van der Waals surface area contributed by atoms with E-state index in [4.69, 9.17) is 4.74 Å². The number of H-pyrrole nitrogens is 1. The van der Waals surface area contributed by atoms with Crippen LogP contribution in [-0.4, -0.2) is 21.8 Å². The van der Waals surface area contributed by atoms with E-state index in [0.29, 0.717) is 29.7 Å². The Balaban J connectivity index is 1.75. The van der Waals surface area contributed by atoms with Gasteiger partial charge in [-0.1, -0.05) is 32.8 Å². The van der Waals surface area contributed by atoms with Crippen molar-refractivity contribution < 1.29 is 4.74 Å². The number of aromatic amines is 1. The molecule has 0 radical (unpaired) electrons. The normalized spacial score (nSPS) is 10.7. The summed E-state index contributed by atoms with van der Waals surface area (Å²) in [7, 11) is 0. The summed E-state index contributed by atoms with van der Waals surface area (Å²) in [4.78, 5) is 4.34. The zero-order valence-corrected chi connectivity index (χ0v) is 17.0. The molecule has 0 aliphatic carbocycles. The van der Waals surface area contributed by atoms with Crippen LogP contribution in [0, 0.1) is 17.2 Å². The van der Waals surface area contributed by atoms with Gasteiger partial charge in [-0.25, -0.2) is 4.98 Å². The van der Waals surface area contributed by atoms with Gasteiger partial charge in [0.25, 0.3) is 0 Å². The molecule has 0 spiro atoms. The minimum Gasteiger partial charge on any atom is -0.492 e. The van der Waals surface area contributed by atoms with Crippen molar-refractivity contribution in [2.24, 2.45) is 5.92 Å². The Morgan fingerprint density at radius 1 is 1.14 bits per heavy atom. The van der Waals surface area contributed by atoms with E-state index in [1.165, 1.54) is 0 Å². The van der Waals surface area contributed by atoms with E-state index < -0.39 is 0 Å². The third-order valence-corrected chi connectivity index (χ3v) is 4.83. The number of ether oxygens (including phenoxy) is 1. The van der Waals surface area contributed by atoms with E-state index in [2.05, 4.69) is 40.4 Å². The maximum atomic E-state index is 9.62. The van der Waals surface area contributed by atoms with E-state index in [9.17, 15) is 5.26 Å². The molecular formula is C23H27N5O. The van der Waals surface area contributed by atoms with Gasteiger partial charge in [0.05, 0.1) is 24.1 Å². The zero-order valence-electron chi connectivity index (χ0n) is 17.0. The standard InChI is InChI=1S/C23H27N5O/c1-3-5-17(6-4-2)16-29-22-8-7-18(11-20(22)13-24)19-9-10-25-23(12-19)28-21-14-26-27-15-21/h7-12,14-15,17H,3-6,16H2,1-2H3,(H,25,28)(H,26,27). The second-order valence-electron chi connectivity index (χ2n) is 7.12. The lowest BCUT2D eigenvalue weighted by molar-refractivity contribution is 0.229. The van der Waals surface area contributed by atoms with E-state index in [1.54, 1.807) is 18.6 Å². The molecule has 6 heteroatoms. The van der Waals surface area contributed by atoms with Crippen molar-refractivity contribution in [1.82, 2.24) is 15.2 Å². The van der Waals surface area contributed by atoms with Crippen molar-refractivity contribution >= 4 is 11.5 Å². The third-order valence-electron chi connectivity index (χ3n) is 4.83. The SMILES string of the molecule is CCCC(CCC)COc1ccc(-c2ccnc(Nc3cn[nH]c3)c2)cc1C#N. The van der Waals surface area contributed by atoms with Gasteiger partial charge < -0.3 is 10.1 Å². The number of nitrogens with one attached hydrogen (secondary N) is 2. The highest BCUT2D eigenvalue weighted by Gasteiger charge is 2.11. The van der Waals surface area contributed by atoms with Gasteiger partial charge in [0.1, 0.15) is 17.6 Å². The van der Waals surface area contributed by atoms with Crippen molar-refractivity contribution in [1.29, 1.82) is 5.26 Å². The second kappa shape index (κ2) is 10.3. The molecule has 2 N–H and O–H groups in total. The second-order valence-corrected chi connectivity index (χ2v) is 7.12. The lowest BCUT2D eigenvalue weighted by Crippen LogP contribution is -2.12. The number of hydrogen-bond acceptors (Lipinski definition) is 5. The van der Waals surface area contributed by atoms with Gasteiger partial charge in [0, 0.05) is 12.4 Å². The van der Waals surface area contributed by atoms with Crippen LogP contribution in [0.2, 0.25) is 0 Å². The summed E-state index contributed by atoms with van der Waals surface area (Å²) >= 11 is 0. The molecule has 3 rings (SSSR count). The predicted molar refractivity (Wildman–Crippen MR) is 115 cm³/mol. The number of nitrogens with zero attached hydrogens (tertiary/aromatic N) is 3. The molecule has 2 heterocycles. The maximum Gasteiger partial charge on any atom is 0.137 e. The summed E-state index contributed by atoms with van der Waals surface area (Å²) in [6.45, 7) is 5.05. The van der Waals surface area contributed by atoms with Gasteiger partial charge in [0.2, 0.25) is 0 Å². The van der Waals surface area contributed by atoms with E-state index in [1.807, 2.05) is 30.3 Å². The molecule has 0 fully saturated rings. The first-order chi connectivity index (χ1) is 14.2. The summed E-state index contributed by atoms with van der Waals surface area (Å²) < 4.78 is 6.02. The van der Waals surface area contributed by atoms with E-state index >= 15 is 0 Å². The molecule has 0 aliphatic heterocycles. The van der Waals surface area contributed by atoms with Gasteiger partial charge in [-0.2, -0.15) is 10.4 Å². The zero-order chi connectivity index (χ0) is 20.5. The molecule has 1 aromatic carbocycles. The van der Waals surface area contributed by atoms with Crippen LogP contribution in [0.3, 0.4) is 0 Å². The van der Waals surface area contributed by atoms with Gasteiger partial charge in [-0.3, -0.25) is 5.10 Å². The minimum atomic E-state index is 0.535. The first-order valence-corrected chi connectivity index (χ1v) is 10.1. The van der Waals surface area contributed by atoms with Crippen molar-refractivity contribution in [3.63, 3.8) is 0 Å². The molecule has 0 unspecified atom stereocenters. The third kappa shape index (κ3) is 5.58. The van der Waals surface area contributed by atoms with E-state index in [-0.39, 0.29) is 0 Å². The Hall–Kier alpha value is -3.33. The maximum absolute atomic E-state index is 9.62. The number of rotatable bonds is 10. The molecule has 150 valence electrons. The summed E-state index contributed by atoms with van der Waals surface area (Å²) in [6, 6.07) is 11.9. The molecule has 3 aromatic rings. The number of pyridine rings is 1. The van der Waals surface area contributed by atoms with Crippen molar-refractivity contribution in [3.05, 3.63) is 54.5 Å². The summed E-state index contributed by atoms with van der Waals surface area (Å²) in [6.07, 6.45) is 9.80. The summed E-state index contributed by atoms with van der Waals surface area (Å²) in [5, 5.41) is 19.5. The monoisotopic (exact) mass is 389 g/mol.